The minimum Gasteiger partial charge on any atom is -0.323 e. The number of hydrogen-bond acceptors (Lipinski definition) is 5. The summed E-state index contributed by atoms with van der Waals surface area (Å²) in [6, 6.07) is 6.78. The van der Waals surface area contributed by atoms with Crippen LogP contribution in [0.15, 0.2) is 41.8 Å². The zero-order valence-corrected chi connectivity index (χ0v) is 18.1. The van der Waals surface area contributed by atoms with Crippen molar-refractivity contribution in [3.05, 3.63) is 51.7 Å². The van der Waals surface area contributed by atoms with E-state index in [9.17, 15) is 4.79 Å². The number of halogens is 3. The molecule has 0 fully saturated rings. The summed E-state index contributed by atoms with van der Waals surface area (Å²) in [6.45, 7) is 4.44. The first kappa shape index (κ1) is 20.9. The van der Waals surface area contributed by atoms with Crippen LogP contribution in [0.1, 0.15) is 13.8 Å². The highest BCUT2D eigenvalue weighted by molar-refractivity contribution is 8.00. The van der Waals surface area contributed by atoms with E-state index in [2.05, 4.69) is 20.5 Å². The number of benzene rings is 1. The van der Waals surface area contributed by atoms with E-state index in [0.29, 0.717) is 22.4 Å². The number of anilines is 1. The number of hydrogen-bond donors (Lipinski definition) is 1. The van der Waals surface area contributed by atoms with Crippen molar-refractivity contribution < 1.29 is 4.79 Å². The normalized spacial score (nSPS) is 12.0. The summed E-state index contributed by atoms with van der Waals surface area (Å²) < 4.78 is 1.95. The lowest BCUT2D eigenvalue weighted by Gasteiger charge is -2.14. The molecular weight excluding hydrogens is 441 g/mol. The van der Waals surface area contributed by atoms with Gasteiger partial charge in [-0.25, -0.2) is 0 Å². The molecule has 28 heavy (non-hydrogen) atoms. The third kappa shape index (κ3) is 4.60. The van der Waals surface area contributed by atoms with E-state index in [1.165, 1.54) is 23.9 Å². The third-order valence-corrected chi connectivity index (χ3v) is 5.77. The maximum atomic E-state index is 12.6. The molecule has 0 bridgehead atoms. The molecule has 0 radical (unpaired) electrons. The minimum absolute atomic E-state index is 0.257. The third-order valence-electron chi connectivity index (χ3n) is 3.88. The van der Waals surface area contributed by atoms with Crippen LogP contribution in [0.5, 0.6) is 0 Å². The highest BCUT2D eigenvalue weighted by Gasteiger charge is 2.22. The van der Waals surface area contributed by atoms with E-state index < -0.39 is 5.25 Å². The molecule has 3 aromatic rings. The highest BCUT2D eigenvalue weighted by Crippen LogP contribution is 2.34. The van der Waals surface area contributed by atoms with Crippen LogP contribution in [0.25, 0.3) is 11.4 Å². The molecule has 1 aromatic carbocycles. The number of rotatable bonds is 6. The Hall–Kier alpha value is -1.80. The number of nitrogens with one attached hydrogen (secondary N) is 1. The number of pyridine rings is 1. The molecule has 0 aliphatic heterocycles. The number of nitrogens with zero attached hydrogens (tertiary/aromatic N) is 4. The lowest BCUT2D eigenvalue weighted by molar-refractivity contribution is -0.115. The second kappa shape index (κ2) is 9.13. The Balaban J connectivity index is 1.77. The van der Waals surface area contributed by atoms with Crippen molar-refractivity contribution in [1.29, 1.82) is 0 Å². The fraction of sp³-hybridized carbons (Fsp3) is 0.222. The van der Waals surface area contributed by atoms with Crippen LogP contribution >= 0.6 is 46.6 Å². The van der Waals surface area contributed by atoms with Crippen molar-refractivity contribution in [3.63, 3.8) is 0 Å². The quantitative estimate of drug-likeness (QED) is 0.500. The standard InChI is InChI=1S/C18H16Cl3N5OS/c1-3-26-16(11-4-6-22-7-5-11)24-25-18(26)28-10(2)17(27)23-15-13(20)8-12(19)9-14(15)21/h4-10H,3H2,1-2H3,(H,23,27). The van der Waals surface area contributed by atoms with Gasteiger partial charge in [0.05, 0.1) is 21.0 Å². The van der Waals surface area contributed by atoms with E-state index >= 15 is 0 Å². The fourth-order valence-electron chi connectivity index (χ4n) is 2.47. The van der Waals surface area contributed by atoms with E-state index in [1.54, 1.807) is 19.3 Å². The van der Waals surface area contributed by atoms with Gasteiger partial charge in [0.25, 0.3) is 0 Å². The van der Waals surface area contributed by atoms with E-state index in [0.717, 1.165) is 11.4 Å². The van der Waals surface area contributed by atoms with Gasteiger partial charge in [-0.3, -0.25) is 9.78 Å². The summed E-state index contributed by atoms with van der Waals surface area (Å²) >= 11 is 19.5. The first-order valence-corrected chi connectivity index (χ1v) is 10.4. The van der Waals surface area contributed by atoms with Crippen LogP contribution in [-0.2, 0) is 11.3 Å². The predicted molar refractivity (Wildman–Crippen MR) is 114 cm³/mol. The number of carbonyl (C=O) groups excluding carboxylic acids is 1. The van der Waals surface area contributed by atoms with Crippen molar-refractivity contribution in [2.75, 3.05) is 5.32 Å². The van der Waals surface area contributed by atoms with E-state index in [-0.39, 0.29) is 16.0 Å². The van der Waals surface area contributed by atoms with Gasteiger partial charge in [0.15, 0.2) is 11.0 Å². The maximum Gasteiger partial charge on any atom is 0.237 e. The Morgan fingerprint density at radius 3 is 2.43 bits per heavy atom. The zero-order chi connectivity index (χ0) is 20.3. The summed E-state index contributed by atoms with van der Waals surface area (Å²) in [5, 5.41) is 12.4. The smallest absolute Gasteiger partial charge is 0.237 e. The van der Waals surface area contributed by atoms with E-state index in [4.69, 9.17) is 34.8 Å². The lowest BCUT2D eigenvalue weighted by atomic mass is 10.2. The van der Waals surface area contributed by atoms with Crippen molar-refractivity contribution in [3.8, 4) is 11.4 Å². The molecule has 0 saturated carbocycles. The Kier molecular flexibility index (Phi) is 6.82. The molecule has 2 aromatic heterocycles. The van der Waals surface area contributed by atoms with Gasteiger partial charge in [-0.2, -0.15) is 0 Å². The number of carbonyl (C=O) groups is 1. The average Bonchev–Trinajstić information content (AvgIpc) is 3.07. The van der Waals surface area contributed by atoms with E-state index in [1.807, 2.05) is 23.6 Å². The van der Waals surface area contributed by atoms with Crippen molar-refractivity contribution in [1.82, 2.24) is 19.7 Å². The molecule has 3 rings (SSSR count). The topological polar surface area (TPSA) is 72.7 Å². The van der Waals surface area contributed by atoms with Gasteiger partial charge in [0, 0.05) is 29.5 Å². The predicted octanol–water partition coefficient (Wildman–Crippen LogP) is 5.44. The van der Waals surface area contributed by atoms with Gasteiger partial charge in [-0.15, -0.1) is 10.2 Å². The van der Waals surface area contributed by atoms with Gasteiger partial charge >= 0.3 is 0 Å². The molecule has 1 amide bonds. The van der Waals surface area contributed by atoms with Gasteiger partial charge in [0.1, 0.15) is 0 Å². The molecule has 2 heterocycles. The highest BCUT2D eigenvalue weighted by atomic mass is 35.5. The van der Waals surface area contributed by atoms with Crippen LogP contribution in [0, 0.1) is 0 Å². The molecule has 0 saturated heterocycles. The van der Waals surface area contributed by atoms with Crippen LogP contribution in [0.2, 0.25) is 15.1 Å². The SMILES string of the molecule is CCn1c(SC(C)C(=O)Nc2c(Cl)cc(Cl)cc2Cl)nnc1-c1ccncc1. The van der Waals surface area contributed by atoms with Gasteiger partial charge in [-0.05, 0) is 38.1 Å². The Morgan fingerprint density at radius 2 is 1.82 bits per heavy atom. The average molecular weight is 457 g/mol. The lowest BCUT2D eigenvalue weighted by Crippen LogP contribution is -2.23. The molecule has 1 unspecified atom stereocenters. The Labute approximate surface area is 181 Å². The number of amides is 1. The molecule has 146 valence electrons. The van der Waals surface area contributed by atoms with Gasteiger partial charge < -0.3 is 9.88 Å². The monoisotopic (exact) mass is 455 g/mol. The van der Waals surface area contributed by atoms with Crippen LogP contribution < -0.4 is 5.32 Å². The summed E-state index contributed by atoms with van der Waals surface area (Å²) in [4.78, 5) is 16.7. The summed E-state index contributed by atoms with van der Waals surface area (Å²) in [7, 11) is 0. The fourth-order valence-corrected chi connectivity index (χ4v) is 4.30. The molecule has 0 aliphatic rings. The largest absolute Gasteiger partial charge is 0.323 e. The molecule has 0 aliphatic carbocycles. The number of aromatic nitrogens is 4. The summed E-state index contributed by atoms with van der Waals surface area (Å²) in [6.07, 6.45) is 3.40. The van der Waals surface area contributed by atoms with Crippen LogP contribution in [-0.4, -0.2) is 30.9 Å². The van der Waals surface area contributed by atoms with Gasteiger partial charge in [0.2, 0.25) is 5.91 Å². The van der Waals surface area contributed by atoms with Crippen molar-refractivity contribution in [2.45, 2.75) is 30.8 Å². The molecule has 6 nitrogen and oxygen atoms in total. The minimum atomic E-state index is -0.456. The summed E-state index contributed by atoms with van der Waals surface area (Å²) in [5.74, 6) is 0.469. The second-order valence-electron chi connectivity index (χ2n) is 5.78. The first-order chi connectivity index (χ1) is 13.4. The maximum absolute atomic E-state index is 12.6. The molecule has 1 atom stereocenters. The zero-order valence-electron chi connectivity index (χ0n) is 15.0. The molecule has 1 N–H and O–H groups in total. The van der Waals surface area contributed by atoms with Crippen LogP contribution in [0.3, 0.4) is 0 Å². The summed E-state index contributed by atoms with van der Waals surface area (Å²) in [5.41, 5.74) is 1.24. The first-order valence-electron chi connectivity index (χ1n) is 8.36. The molecule has 0 spiro atoms. The van der Waals surface area contributed by atoms with Gasteiger partial charge in [-0.1, -0.05) is 46.6 Å². The Bertz CT molecular complexity index is 973. The van der Waals surface area contributed by atoms with Crippen molar-refractivity contribution >= 4 is 58.2 Å². The number of thioether (sulfide) groups is 1. The molecular formula is C18H16Cl3N5OS. The Morgan fingerprint density at radius 1 is 1.18 bits per heavy atom. The molecule has 10 heteroatoms. The van der Waals surface area contributed by atoms with Crippen LogP contribution in [0.4, 0.5) is 5.69 Å². The van der Waals surface area contributed by atoms with Crippen molar-refractivity contribution in [2.24, 2.45) is 0 Å². The second-order valence-corrected chi connectivity index (χ2v) is 8.34.